The van der Waals surface area contributed by atoms with Crippen molar-refractivity contribution in [3.8, 4) is 0 Å². The Morgan fingerprint density at radius 1 is 0.889 bits per heavy atom. The number of hydrogen-bond donors (Lipinski definition) is 0. The second kappa shape index (κ2) is 7.36. The summed E-state index contributed by atoms with van der Waals surface area (Å²) in [6.45, 7) is 0.490. The minimum atomic E-state index is -2.68. The molecule has 0 unspecified atom stereocenters. The van der Waals surface area contributed by atoms with E-state index < -0.39 is 6.55 Å². The normalized spacial score (nSPS) is 15.8. The van der Waals surface area contributed by atoms with E-state index in [9.17, 15) is 13.2 Å². The van der Waals surface area contributed by atoms with E-state index in [1.54, 1.807) is 34.9 Å². The molecule has 1 fully saturated rings. The number of halogens is 3. The second-order valence-electron chi connectivity index (χ2n) is 6.54. The zero-order valence-corrected chi connectivity index (χ0v) is 15.4. The van der Waals surface area contributed by atoms with Crippen LogP contribution >= 0.6 is 12.2 Å². The van der Waals surface area contributed by atoms with Crippen LogP contribution in [0.1, 0.15) is 6.55 Å². The quantitative estimate of drug-likeness (QED) is 0.609. The second-order valence-corrected chi connectivity index (χ2v) is 6.91. The molecule has 0 N–H and O–H groups in total. The molecule has 1 aromatic heterocycles. The number of imidazole rings is 1. The van der Waals surface area contributed by atoms with Gasteiger partial charge in [-0.25, -0.2) is 4.39 Å². The number of anilines is 1. The summed E-state index contributed by atoms with van der Waals surface area (Å²) in [5.41, 5.74) is 1.73. The number of para-hydroxylation sites is 3. The lowest BCUT2D eigenvalue weighted by Crippen LogP contribution is -2.47. The third-order valence-corrected chi connectivity index (χ3v) is 5.39. The molecule has 4 rings (SSSR count). The van der Waals surface area contributed by atoms with Crippen LogP contribution in [0.4, 0.5) is 18.9 Å². The van der Waals surface area contributed by atoms with E-state index in [1.165, 1.54) is 6.07 Å². The predicted octanol–water partition coefficient (Wildman–Crippen LogP) is 4.49. The van der Waals surface area contributed by atoms with Crippen molar-refractivity contribution in [2.45, 2.75) is 13.2 Å². The summed E-state index contributed by atoms with van der Waals surface area (Å²) in [6, 6.07) is 13.7. The summed E-state index contributed by atoms with van der Waals surface area (Å²) in [6.07, 6.45) is 0. The number of aromatic nitrogens is 2. The van der Waals surface area contributed by atoms with Gasteiger partial charge in [0.05, 0.1) is 23.4 Å². The molecule has 0 atom stereocenters. The van der Waals surface area contributed by atoms with Gasteiger partial charge in [-0.05, 0) is 36.5 Å². The van der Waals surface area contributed by atoms with Gasteiger partial charge in [-0.1, -0.05) is 24.3 Å². The van der Waals surface area contributed by atoms with Gasteiger partial charge in [-0.3, -0.25) is 9.47 Å². The fourth-order valence-corrected chi connectivity index (χ4v) is 3.93. The average molecular weight is 392 g/mol. The van der Waals surface area contributed by atoms with Crippen LogP contribution in [0.3, 0.4) is 0 Å². The van der Waals surface area contributed by atoms with Crippen molar-refractivity contribution in [1.82, 2.24) is 14.0 Å². The largest absolute Gasteiger partial charge is 0.367 e. The molecule has 0 spiro atoms. The molecule has 0 amide bonds. The highest BCUT2D eigenvalue weighted by molar-refractivity contribution is 7.71. The van der Waals surface area contributed by atoms with E-state index in [2.05, 4.69) is 4.90 Å². The number of alkyl halides is 2. The van der Waals surface area contributed by atoms with Gasteiger partial charge < -0.3 is 9.47 Å². The van der Waals surface area contributed by atoms with E-state index >= 15 is 0 Å². The first-order valence-corrected chi connectivity index (χ1v) is 9.17. The van der Waals surface area contributed by atoms with E-state index in [-0.39, 0.29) is 10.6 Å². The first-order chi connectivity index (χ1) is 13.1. The van der Waals surface area contributed by atoms with Crippen molar-refractivity contribution in [1.29, 1.82) is 0 Å². The lowest BCUT2D eigenvalue weighted by Gasteiger charge is -2.36. The molecule has 2 aromatic carbocycles. The van der Waals surface area contributed by atoms with Gasteiger partial charge in [0.25, 0.3) is 0 Å². The summed E-state index contributed by atoms with van der Waals surface area (Å²) in [4.78, 5) is 4.16. The van der Waals surface area contributed by atoms with Gasteiger partial charge in [0.15, 0.2) is 4.77 Å². The molecule has 1 aliphatic rings. The van der Waals surface area contributed by atoms with Crippen LogP contribution in [0.5, 0.6) is 0 Å². The van der Waals surface area contributed by atoms with Gasteiger partial charge in [0.2, 0.25) is 0 Å². The molecule has 1 aliphatic heterocycles. The lowest BCUT2D eigenvalue weighted by atomic mass is 10.2. The maximum Gasteiger partial charge on any atom is 0.321 e. The fourth-order valence-electron chi connectivity index (χ4n) is 3.60. The Hall–Kier alpha value is -2.32. The maximum atomic E-state index is 14.0. The van der Waals surface area contributed by atoms with Crippen molar-refractivity contribution >= 4 is 28.9 Å². The Bertz CT molecular complexity index is 1010. The number of piperazine rings is 1. The van der Waals surface area contributed by atoms with Crippen LogP contribution in [0, 0.1) is 10.6 Å². The molecule has 0 aliphatic carbocycles. The molecule has 0 bridgehead atoms. The maximum absolute atomic E-state index is 14.0. The third-order valence-electron chi connectivity index (χ3n) is 4.97. The third kappa shape index (κ3) is 3.35. The number of rotatable bonds is 4. The van der Waals surface area contributed by atoms with Crippen LogP contribution in [-0.2, 0) is 6.67 Å². The molecule has 8 heteroatoms. The van der Waals surface area contributed by atoms with Crippen molar-refractivity contribution < 1.29 is 13.2 Å². The van der Waals surface area contributed by atoms with E-state index in [4.69, 9.17) is 12.2 Å². The van der Waals surface area contributed by atoms with Crippen LogP contribution in [0.15, 0.2) is 48.5 Å². The Morgan fingerprint density at radius 3 is 2.19 bits per heavy atom. The van der Waals surface area contributed by atoms with Gasteiger partial charge in [-0.2, -0.15) is 8.78 Å². The Labute approximate surface area is 160 Å². The fraction of sp³-hybridized carbons (Fsp3) is 0.316. The summed E-state index contributed by atoms with van der Waals surface area (Å²) in [7, 11) is 0. The zero-order chi connectivity index (χ0) is 19.0. The lowest BCUT2D eigenvalue weighted by molar-refractivity contribution is 0.0715. The Kier molecular flexibility index (Phi) is 4.92. The number of benzene rings is 2. The van der Waals surface area contributed by atoms with E-state index in [1.807, 2.05) is 17.0 Å². The molecular formula is C19H19F3N4S. The molecule has 1 saturated heterocycles. The molecule has 0 saturated carbocycles. The molecule has 0 radical (unpaired) electrons. The monoisotopic (exact) mass is 392 g/mol. The Balaban J connectivity index is 1.54. The number of hydrogen-bond acceptors (Lipinski definition) is 3. The van der Waals surface area contributed by atoms with E-state index in [0.717, 1.165) is 4.57 Å². The minimum absolute atomic E-state index is 0.114. The smallest absolute Gasteiger partial charge is 0.321 e. The zero-order valence-electron chi connectivity index (χ0n) is 14.6. The van der Waals surface area contributed by atoms with Crippen molar-refractivity contribution in [3.63, 3.8) is 0 Å². The highest BCUT2D eigenvalue weighted by atomic mass is 32.1. The molecule has 3 aromatic rings. The van der Waals surface area contributed by atoms with Crippen LogP contribution in [0.2, 0.25) is 0 Å². The van der Waals surface area contributed by atoms with Crippen molar-refractivity contribution in [2.24, 2.45) is 0 Å². The topological polar surface area (TPSA) is 16.3 Å². The van der Waals surface area contributed by atoms with Crippen LogP contribution < -0.4 is 4.90 Å². The van der Waals surface area contributed by atoms with Crippen molar-refractivity contribution in [3.05, 3.63) is 59.1 Å². The first-order valence-electron chi connectivity index (χ1n) is 8.76. The summed E-state index contributed by atoms with van der Waals surface area (Å²) >= 11 is 5.31. The molecular weight excluding hydrogens is 373 g/mol. The molecule has 27 heavy (non-hydrogen) atoms. The summed E-state index contributed by atoms with van der Waals surface area (Å²) in [5, 5.41) is 0. The first kappa shape index (κ1) is 18.1. The standard InChI is InChI=1S/C19H19F3N4S/c20-14-5-1-2-6-15(14)24-11-9-23(10-12-24)13-25-16-7-3-4-8-17(16)26(18(21)22)19(25)27/h1-8,18H,9-13H2. The summed E-state index contributed by atoms with van der Waals surface area (Å²) < 4.78 is 43.6. The molecule has 142 valence electrons. The minimum Gasteiger partial charge on any atom is -0.367 e. The predicted molar refractivity (Wildman–Crippen MR) is 102 cm³/mol. The van der Waals surface area contributed by atoms with Crippen LogP contribution in [-0.4, -0.2) is 40.2 Å². The number of fused-ring (bicyclic) bond motifs is 1. The van der Waals surface area contributed by atoms with Gasteiger partial charge in [0, 0.05) is 26.2 Å². The molecule has 4 nitrogen and oxygen atoms in total. The highest BCUT2D eigenvalue weighted by Gasteiger charge is 2.22. The van der Waals surface area contributed by atoms with E-state index in [0.29, 0.717) is 49.6 Å². The van der Waals surface area contributed by atoms with Gasteiger partial charge in [-0.15, -0.1) is 0 Å². The number of nitrogens with zero attached hydrogens (tertiary/aromatic N) is 4. The summed E-state index contributed by atoms with van der Waals surface area (Å²) in [5.74, 6) is -0.229. The average Bonchev–Trinajstić information content (AvgIpc) is 2.95. The Morgan fingerprint density at radius 2 is 1.52 bits per heavy atom. The van der Waals surface area contributed by atoms with Gasteiger partial charge >= 0.3 is 6.55 Å². The van der Waals surface area contributed by atoms with Crippen LogP contribution in [0.25, 0.3) is 11.0 Å². The molecule has 2 heterocycles. The SMILES string of the molecule is Fc1ccccc1N1CCN(Cn2c(=S)n(C(F)F)c3ccccc32)CC1. The van der Waals surface area contributed by atoms with Gasteiger partial charge in [0.1, 0.15) is 5.82 Å². The highest BCUT2D eigenvalue weighted by Crippen LogP contribution is 2.25. The van der Waals surface area contributed by atoms with Crippen molar-refractivity contribution in [2.75, 3.05) is 31.1 Å².